The van der Waals surface area contributed by atoms with Crippen LogP contribution >= 0.6 is 0 Å². The van der Waals surface area contributed by atoms with E-state index in [1.165, 1.54) is 0 Å². The van der Waals surface area contributed by atoms with Gasteiger partial charge in [-0.15, -0.1) is 0 Å². The van der Waals surface area contributed by atoms with Gasteiger partial charge in [-0.2, -0.15) is 0 Å². The first-order valence-electron chi connectivity index (χ1n) is 9.34. The average molecular weight is 362 g/mol. The van der Waals surface area contributed by atoms with Gasteiger partial charge < -0.3 is 0 Å². The minimum Gasteiger partial charge on any atom is -0.206 e. The van der Waals surface area contributed by atoms with Crippen molar-refractivity contribution in [3.63, 3.8) is 0 Å². The lowest BCUT2D eigenvalue weighted by atomic mass is 9.83. The minimum absolute atomic E-state index is 0.294. The van der Waals surface area contributed by atoms with E-state index in [1.54, 1.807) is 0 Å². The molecule has 0 fully saturated rings. The summed E-state index contributed by atoms with van der Waals surface area (Å²) in [6.45, 7) is 0. The molecule has 0 heterocycles. The fourth-order valence-corrected chi connectivity index (χ4v) is 4.88. The highest BCUT2D eigenvalue weighted by molar-refractivity contribution is 6.37. The van der Waals surface area contributed by atoms with Crippen LogP contribution < -0.4 is 0 Å². The van der Waals surface area contributed by atoms with Gasteiger partial charge in [-0.05, 0) is 67.4 Å². The van der Waals surface area contributed by atoms with Crippen LogP contribution in [0.1, 0.15) is 0 Å². The number of benzene rings is 5. The molecule has 7 aromatic rings. The summed E-state index contributed by atoms with van der Waals surface area (Å²) in [5.41, 5.74) is 0. The van der Waals surface area contributed by atoms with Crippen LogP contribution in [0.4, 0.5) is 8.78 Å². The zero-order valence-electron chi connectivity index (χ0n) is 14.7. The maximum absolute atomic E-state index is 15.5. The summed E-state index contributed by atoms with van der Waals surface area (Å²) in [6.07, 6.45) is 0. The Bertz CT molecular complexity index is 1470. The van der Waals surface area contributed by atoms with Crippen molar-refractivity contribution in [1.29, 1.82) is 0 Å². The van der Waals surface area contributed by atoms with E-state index in [1.807, 2.05) is 72.8 Å². The molecule has 0 aliphatic rings. The molecule has 0 radical (unpaired) electrons. The number of hydrogen-bond acceptors (Lipinski definition) is 0. The van der Waals surface area contributed by atoms with Crippen LogP contribution in [0.15, 0.2) is 72.8 Å². The molecule has 0 unspecified atom stereocenters. The van der Waals surface area contributed by atoms with E-state index >= 15 is 8.78 Å². The molecule has 0 saturated heterocycles. The van der Waals surface area contributed by atoms with Gasteiger partial charge in [0.15, 0.2) is 0 Å². The number of fused-ring (bicyclic) bond motifs is 10. The van der Waals surface area contributed by atoms with Gasteiger partial charge in [0.2, 0.25) is 0 Å². The van der Waals surface area contributed by atoms with E-state index in [0.717, 1.165) is 43.1 Å². The topological polar surface area (TPSA) is 0 Å². The van der Waals surface area contributed by atoms with E-state index in [2.05, 4.69) is 0 Å². The van der Waals surface area contributed by atoms with Crippen LogP contribution in [0, 0.1) is 11.6 Å². The summed E-state index contributed by atoms with van der Waals surface area (Å²) < 4.78 is 31.1. The van der Waals surface area contributed by atoms with Crippen LogP contribution in [0.3, 0.4) is 0 Å². The zero-order valence-corrected chi connectivity index (χ0v) is 14.7. The molecule has 2 heteroatoms. The standard InChI is InChI=1S/C26H12F2/c27-25-21-17-9-13-5-1-2-6-14(13)10-18(17)22(21)26(28)24-20-12-16-8-4-3-7-15(16)11-19(20)23(24)25/h1-12H. The molecule has 0 bridgehead atoms. The Hall–Kier alpha value is -3.52. The van der Waals surface area contributed by atoms with Crippen molar-refractivity contribution < 1.29 is 8.78 Å². The average Bonchev–Trinajstić information content (AvgIpc) is 2.69. The number of rotatable bonds is 0. The molecular weight excluding hydrogens is 350 g/mol. The third kappa shape index (κ3) is 1.52. The predicted octanol–water partition coefficient (Wildman–Crippen LogP) is 7.76. The van der Waals surface area contributed by atoms with Crippen molar-refractivity contribution >= 4 is 64.6 Å². The Morgan fingerprint density at radius 2 is 0.643 bits per heavy atom. The first-order valence-corrected chi connectivity index (χ1v) is 9.34. The SMILES string of the molecule is Fc1c2c3cc4ccccc4cc3c2c(F)c2c3cc4ccccc4cc3c12. The molecule has 28 heavy (non-hydrogen) atoms. The Morgan fingerprint density at radius 1 is 0.393 bits per heavy atom. The summed E-state index contributed by atoms with van der Waals surface area (Å²) in [6, 6.07) is 23.8. The summed E-state index contributed by atoms with van der Waals surface area (Å²) in [7, 11) is 0. The Balaban J connectivity index is 1.69. The van der Waals surface area contributed by atoms with Crippen LogP contribution in [0.5, 0.6) is 0 Å². The van der Waals surface area contributed by atoms with Crippen molar-refractivity contribution in [1.82, 2.24) is 0 Å². The molecule has 0 saturated carbocycles. The first-order chi connectivity index (χ1) is 13.7. The first kappa shape index (κ1) is 14.5. The predicted molar refractivity (Wildman–Crippen MR) is 114 cm³/mol. The van der Waals surface area contributed by atoms with E-state index in [0.29, 0.717) is 21.5 Å². The lowest BCUT2D eigenvalue weighted by molar-refractivity contribution is 0.636. The van der Waals surface area contributed by atoms with Crippen molar-refractivity contribution in [2.45, 2.75) is 0 Å². The van der Waals surface area contributed by atoms with Crippen LogP contribution in [0.25, 0.3) is 64.6 Å². The summed E-state index contributed by atoms with van der Waals surface area (Å²) >= 11 is 0. The monoisotopic (exact) mass is 362 g/mol. The van der Waals surface area contributed by atoms with Crippen molar-refractivity contribution in [3.8, 4) is 0 Å². The second kappa shape index (κ2) is 4.66. The van der Waals surface area contributed by atoms with Gasteiger partial charge in [-0.3, -0.25) is 0 Å². The molecule has 0 amide bonds. The molecule has 0 atom stereocenters. The lowest BCUT2D eigenvalue weighted by Gasteiger charge is -2.21. The quantitative estimate of drug-likeness (QED) is 0.259. The number of halogens is 2. The minimum atomic E-state index is -0.294. The molecule has 7 rings (SSSR count). The second-order valence-corrected chi connectivity index (χ2v) is 7.62. The molecule has 0 N–H and O–H groups in total. The fourth-order valence-electron chi connectivity index (χ4n) is 4.88. The van der Waals surface area contributed by atoms with Gasteiger partial charge in [0, 0.05) is 21.5 Å². The zero-order chi connectivity index (χ0) is 18.6. The Labute approximate surface area is 158 Å². The number of hydrogen-bond donors (Lipinski definition) is 0. The van der Waals surface area contributed by atoms with Crippen molar-refractivity contribution in [2.75, 3.05) is 0 Å². The summed E-state index contributed by atoms with van der Waals surface area (Å²) in [5.74, 6) is -0.589. The normalized spacial score (nSPS) is 12.6. The van der Waals surface area contributed by atoms with Gasteiger partial charge in [0.05, 0.1) is 0 Å². The lowest BCUT2D eigenvalue weighted by Crippen LogP contribution is -2.00. The molecule has 130 valence electrons. The highest BCUT2D eigenvalue weighted by atomic mass is 19.1. The van der Waals surface area contributed by atoms with E-state index in [9.17, 15) is 0 Å². The molecule has 0 spiro atoms. The van der Waals surface area contributed by atoms with Crippen LogP contribution in [-0.2, 0) is 0 Å². The largest absolute Gasteiger partial charge is 0.206 e. The van der Waals surface area contributed by atoms with E-state index < -0.39 is 0 Å². The molecular formula is C26H12F2. The molecule has 0 nitrogen and oxygen atoms in total. The third-order valence-electron chi connectivity index (χ3n) is 6.23. The highest BCUT2D eigenvalue weighted by Gasteiger charge is 2.27. The van der Waals surface area contributed by atoms with Gasteiger partial charge in [-0.25, -0.2) is 8.78 Å². The molecule has 0 aromatic heterocycles. The van der Waals surface area contributed by atoms with Gasteiger partial charge in [0.1, 0.15) is 11.6 Å². The van der Waals surface area contributed by atoms with Crippen LogP contribution in [0.2, 0.25) is 0 Å². The Kier molecular flexibility index (Phi) is 2.42. The fraction of sp³-hybridized carbons (Fsp3) is 0. The Morgan fingerprint density at radius 3 is 0.893 bits per heavy atom. The molecule has 7 aromatic carbocycles. The summed E-state index contributed by atoms with van der Waals surface area (Å²) in [4.78, 5) is 0. The summed E-state index contributed by atoms with van der Waals surface area (Å²) in [5, 5.41) is 9.11. The van der Waals surface area contributed by atoms with E-state index in [-0.39, 0.29) is 11.6 Å². The maximum atomic E-state index is 15.5. The third-order valence-corrected chi connectivity index (χ3v) is 6.23. The second-order valence-electron chi connectivity index (χ2n) is 7.62. The molecule has 0 aliphatic heterocycles. The van der Waals surface area contributed by atoms with Gasteiger partial charge in [-0.1, -0.05) is 48.5 Å². The van der Waals surface area contributed by atoms with Gasteiger partial charge in [0.25, 0.3) is 0 Å². The maximum Gasteiger partial charge on any atom is 0.140 e. The van der Waals surface area contributed by atoms with Gasteiger partial charge >= 0.3 is 0 Å². The molecule has 0 aliphatic carbocycles. The highest BCUT2D eigenvalue weighted by Crippen LogP contribution is 2.49. The van der Waals surface area contributed by atoms with Crippen molar-refractivity contribution in [3.05, 3.63) is 84.4 Å². The smallest absolute Gasteiger partial charge is 0.140 e. The van der Waals surface area contributed by atoms with Crippen molar-refractivity contribution in [2.24, 2.45) is 0 Å². The van der Waals surface area contributed by atoms with Crippen LogP contribution in [-0.4, -0.2) is 0 Å². The van der Waals surface area contributed by atoms with E-state index in [4.69, 9.17) is 0 Å².